The van der Waals surface area contributed by atoms with Crippen molar-refractivity contribution < 1.29 is 9.31 Å². The van der Waals surface area contributed by atoms with Crippen LogP contribution in [0.5, 0.6) is 0 Å². The molecule has 1 saturated heterocycles. The van der Waals surface area contributed by atoms with E-state index in [0.29, 0.717) is 0 Å². The van der Waals surface area contributed by atoms with E-state index in [1.165, 1.54) is 55.6 Å². The Morgan fingerprint density at radius 2 is 0.897 bits per heavy atom. The van der Waals surface area contributed by atoms with Gasteiger partial charge in [0.15, 0.2) is 0 Å². The maximum absolute atomic E-state index is 6.39. The van der Waals surface area contributed by atoms with Gasteiger partial charge in [-0.05, 0) is 101 Å². The summed E-state index contributed by atoms with van der Waals surface area (Å²) >= 11 is 0. The van der Waals surface area contributed by atoms with Gasteiger partial charge in [0.1, 0.15) is 0 Å². The molecule has 7 rings (SSSR count). The lowest BCUT2D eigenvalue weighted by atomic mass is 9.74. The topological polar surface area (TPSA) is 18.5 Å². The smallest absolute Gasteiger partial charge is 0.399 e. The second kappa shape index (κ2) is 7.74. The normalized spacial score (nSPS) is 20.4. The van der Waals surface area contributed by atoms with Crippen molar-refractivity contribution in [3.05, 3.63) is 101 Å². The fourth-order valence-corrected chi connectivity index (χ4v) is 6.94. The largest absolute Gasteiger partial charge is 0.494 e. The SMILES string of the molecule is CC1(C)c2ccccc2-c2ccc(-c3ccc4c(c3)C(C)(C)c3cc(B5OC(C)(C)C(C)(C)O5)ccc3-4)cc21. The van der Waals surface area contributed by atoms with Crippen molar-refractivity contribution in [2.45, 2.75) is 77.4 Å². The van der Waals surface area contributed by atoms with Gasteiger partial charge < -0.3 is 9.31 Å². The molecule has 0 radical (unpaired) electrons. The van der Waals surface area contributed by atoms with Gasteiger partial charge in [-0.2, -0.15) is 0 Å². The molecule has 1 heterocycles. The molecule has 0 bridgehead atoms. The van der Waals surface area contributed by atoms with Gasteiger partial charge in [0.05, 0.1) is 11.2 Å². The van der Waals surface area contributed by atoms with E-state index in [4.69, 9.17) is 9.31 Å². The second-order valence-corrected chi connectivity index (χ2v) is 13.7. The van der Waals surface area contributed by atoms with Gasteiger partial charge in [-0.25, -0.2) is 0 Å². The minimum absolute atomic E-state index is 0.00190. The lowest BCUT2D eigenvalue weighted by Gasteiger charge is -2.32. The molecule has 39 heavy (non-hydrogen) atoms. The molecule has 4 aromatic carbocycles. The van der Waals surface area contributed by atoms with Crippen LogP contribution in [0.15, 0.2) is 78.9 Å². The van der Waals surface area contributed by atoms with Crippen LogP contribution < -0.4 is 5.46 Å². The molecule has 4 aromatic rings. The average molecular weight is 513 g/mol. The van der Waals surface area contributed by atoms with Crippen LogP contribution in [0.1, 0.15) is 77.6 Å². The van der Waals surface area contributed by atoms with E-state index in [2.05, 4.69) is 134 Å². The van der Waals surface area contributed by atoms with Gasteiger partial charge in [0, 0.05) is 10.8 Å². The van der Waals surface area contributed by atoms with Gasteiger partial charge in [-0.1, -0.05) is 94.4 Å². The third-order valence-electron chi connectivity index (χ3n) is 10.1. The molecule has 196 valence electrons. The highest BCUT2D eigenvalue weighted by Gasteiger charge is 2.52. The van der Waals surface area contributed by atoms with E-state index in [1.807, 2.05) is 0 Å². The van der Waals surface area contributed by atoms with Crippen LogP contribution in [0.25, 0.3) is 33.4 Å². The molecule has 0 saturated carbocycles. The summed E-state index contributed by atoms with van der Waals surface area (Å²) in [6, 6.07) is 29.7. The maximum atomic E-state index is 6.39. The van der Waals surface area contributed by atoms with E-state index in [0.717, 1.165) is 5.46 Å². The summed E-state index contributed by atoms with van der Waals surface area (Å²) in [5, 5.41) is 0. The minimum atomic E-state index is -0.353. The molecule has 3 aliphatic rings. The van der Waals surface area contributed by atoms with Crippen LogP contribution >= 0.6 is 0 Å². The van der Waals surface area contributed by atoms with Crippen molar-refractivity contribution in [2.24, 2.45) is 0 Å². The second-order valence-electron chi connectivity index (χ2n) is 13.7. The van der Waals surface area contributed by atoms with Crippen LogP contribution in [-0.2, 0) is 20.1 Å². The van der Waals surface area contributed by atoms with E-state index in [1.54, 1.807) is 0 Å². The lowest BCUT2D eigenvalue weighted by Crippen LogP contribution is -2.41. The van der Waals surface area contributed by atoms with Crippen molar-refractivity contribution >= 4 is 12.6 Å². The zero-order valence-corrected chi connectivity index (χ0v) is 24.4. The molecule has 2 nitrogen and oxygen atoms in total. The highest BCUT2D eigenvalue weighted by atomic mass is 16.7. The number of hydrogen-bond donors (Lipinski definition) is 0. The first-order valence-corrected chi connectivity index (χ1v) is 14.2. The summed E-state index contributed by atoms with van der Waals surface area (Å²) in [5.41, 5.74) is 13.7. The van der Waals surface area contributed by atoms with Gasteiger partial charge >= 0.3 is 7.12 Å². The summed E-state index contributed by atoms with van der Waals surface area (Å²) in [6.45, 7) is 17.8. The molecular weight excluding hydrogens is 475 g/mol. The van der Waals surface area contributed by atoms with Gasteiger partial charge in [-0.15, -0.1) is 0 Å². The predicted molar refractivity (Wildman–Crippen MR) is 163 cm³/mol. The molecule has 0 aromatic heterocycles. The van der Waals surface area contributed by atoms with E-state index < -0.39 is 0 Å². The number of hydrogen-bond acceptors (Lipinski definition) is 2. The van der Waals surface area contributed by atoms with Gasteiger partial charge in [0.25, 0.3) is 0 Å². The number of fused-ring (bicyclic) bond motifs is 6. The zero-order chi connectivity index (χ0) is 27.5. The number of rotatable bonds is 2. The monoisotopic (exact) mass is 512 g/mol. The molecule has 3 heteroatoms. The lowest BCUT2D eigenvalue weighted by molar-refractivity contribution is 0.00578. The van der Waals surface area contributed by atoms with Crippen molar-refractivity contribution in [1.82, 2.24) is 0 Å². The molecule has 0 spiro atoms. The summed E-state index contributed by atoms with van der Waals surface area (Å²) in [7, 11) is -0.353. The van der Waals surface area contributed by atoms with Gasteiger partial charge in [0.2, 0.25) is 0 Å². The summed E-state index contributed by atoms with van der Waals surface area (Å²) in [4.78, 5) is 0. The highest BCUT2D eigenvalue weighted by Crippen LogP contribution is 2.52. The Balaban J connectivity index is 1.27. The Bertz CT molecular complexity index is 1660. The van der Waals surface area contributed by atoms with E-state index >= 15 is 0 Å². The Labute approximate surface area is 233 Å². The minimum Gasteiger partial charge on any atom is -0.399 e. The van der Waals surface area contributed by atoms with E-state index in [-0.39, 0.29) is 29.2 Å². The predicted octanol–water partition coefficient (Wildman–Crippen LogP) is 8.27. The molecule has 0 N–H and O–H groups in total. The fraction of sp³-hybridized carbons (Fsp3) is 0.333. The van der Waals surface area contributed by atoms with Crippen LogP contribution in [0.2, 0.25) is 0 Å². The molecule has 1 aliphatic heterocycles. The van der Waals surface area contributed by atoms with E-state index in [9.17, 15) is 0 Å². The molecule has 2 aliphatic carbocycles. The van der Waals surface area contributed by atoms with Crippen molar-refractivity contribution in [2.75, 3.05) is 0 Å². The highest BCUT2D eigenvalue weighted by molar-refractivity contribution is 6.62. The van der Waals surface area contributed by atoms with Crippen molar-refractivity contribution in [3.8, 4) is 33.4 Å². The first kappa shape index (κ1) is 24.9. The Hall–Kier alpha value is -3.14. The molecule has 0 atom stereocenters. The third kappa shape index (κ3) is 3.36. The Kier molecular flexibility index (Phi) is 4.94. The maximum Gasteiger partial charge on any atom is 0.494 e. The van der Waals surface area contributed by atoms with Crippen LogP contribution in [-0.4, -0.2) is 18.3 Å². The van der Waals surface area contributed by atoms with Crippen molar-refractivity contribution in [1.29, 1.82) is 0 Å². The number of benzene rings is 4. The molecule has 1 fully saturated rings. The zero-order valence-electron chi connectivity index (χ0n) is 24.4. The fourth-order valence-electron chi connectivity index (χ4n) is 6.94. The molecule has 0 unspecified atom stereocenters. The first-order chi connectivity index (χ1) is 18.3. The van der Waals surface area contributed by atoms with Crippen molar-refractivity contribution in [3.63, 3.8) is 0 Å². The van der Waals surface area contributed by atoms with Crippen LogP contribution in [0, 0.1) is 0 Å². The average Bonchev–Trinajstić information content (AvgIpc) is 3.37. The molecule has 0 amide bonds. The first-order valence-electron chi connectivity index (χ1n) is 14.2. The summed E-state index contributed by atoms with van der Waals surface area (Å²) < 4.78 is 12.8. The Morgan fingerprint density at radius 1 is 0.462 bits per heavy atom. The summed E-state index contributed by atoms with van der Waals surface area (Å²) in [5.74, 6) is 0. The Morgan fingerprint density at radius 3 is 1.46 bits per heavy atom. The van der Waals surface area contributed by atoms with Gasteiger partial charge in [-0.3, -0.25) is 0 Å². The quantitative estimate of drug-likeness (QED) is 0.252. The molecular formula is C36H37BO2. The van der Waals surface area contributed by atoms with Crippen LogP contribution in [0.3, 0.4) is 0 Å². The summed E-state index contributed by atoms with van der Waals surface area (Å²) in [6.07, 6.45) is 0. The standard InChI is InChI=1S/C36H37BO2/c1-33(2)29-12-10-9-11-25(29)26-16-13-22(19-30(26)33)23-14-17-27-28-18-15-24(21-32(28)34(3,4)31(27)20-23)37-38-35(5,6)36(7,8)39-37/h9-21H,1-8H3. The third-order valence-corrected chi connectivity index (χ3v) is 10.1. The van der Waals surface area contributed by atoms with Crippen LogP contribution in [0.4, 0.5) is 0 Å².